The Kier molecular flexibility index (Phi) is 5.62. The molecule has 0 radical (unpaired) electrons. The molecule has 17 heavy (non-hydrogen) atoms. The first-order valence-corrected chi connectivity index (χ1v) is 5.22. The molecule has 1 atom stereocenters. The second kappa shape index (κ2) is 7.01. The normalized spacial score (nSPS) is 12.4. The highest BCUT2D eigenvalue weighted by Gasteiger charge is 2.19. The van der Waals surface area contributed by atoms with E-state index < -0.39 is 12.1 Å². The van der Waals surface area contributed by atoms with Crippen LogP contribution in [0.2, 0.25) is 0 Å². The van der Waals surface area contributed by atoms with Crippen molar-refractivity contribution in [3.63, 3.8) is 0 Å². The van der Waals surface area contributed by atoms with Crippen LogP contribution >= 0.6 is 0 Å². The monoisotopic (exact) mass is 240 g/mol. The lowest BCUT2D eigenvalue weighted by Gasteiger charge is -2.13. The lowest BCUT2D eigenvalue weighted by atomic mass is 10.1. The summed E-state index contributed by atoms with van der Waals surface area (Å²) in [5.41, 5.74) is 1.51. The van der Waals surface area contributed by atoms with Gasteiger partial charge in [-0.2, -0.15) is 0 Å². The third kappa shape index (κ3) is 4.14. The van der Waals surface area contributed by atoms with Gasteiger partial charge in [-0.1, -0.05) is 24.3 Å². The van der Waals surface area contributed by atoms with E-state index in [0.717, 1.165) is 5.56 Å². The first-order valence-electron chi connectivity index (χ1n) is 5.22. The fourth-order valence-electron chi connectivity index (χ4n) is 1.44. The number of carbonyl (C=O) groups is 1. The Morgan fingerprint density at radius 2 is 2.00 bits per heavy atom. The predicted molar refractivity (Wildman–Crippen MR) is 60.6 cm³/mol. The van der Waals surface area contributed by atoms with Gasteiger partial charge in [0.25, 0.3) is 0 Å². The summed E-state index contributed by atoms with van der Waals surface area (Å²) in [4.78, 5) is 11.0. The zero-order valence-corrected chi connectivity index (χ0v) is 9.63. The van der Waals surface area contributed by atoms with Gasteiger partial charge in [0.05, 0.1) is 19.8 Å². The van der Waals surface area contributed by atoms with Crippen LogP contribution in [0, 0.1) is 0 Å². The van der Waals surface area contributed by atoms with Crippen molar-refractivity contribution in [1.29, 1.82) is 0 Å². The van der Waals surface area contributed by atoms with Crippen molar-refractivity contribution in [2.75, 3.05) is 20.3 Å². The third-order valence-electron chi connectivity index (χ3n) is 2.19. The molecule has 1 rings (SSSR count). The number of aliphatic hydroxyl groups is 1. The molecule has 0 aliphatic carbocycles. The van der Waals surface area contributed by atoms with E-state index in [1.165, 1.54) is 0 Å². The van der Waals surface area contributed by atoms with Crippen LogP contribution in [-0.4, -0.2) is 36.5 Å². The van der Waals surface area contributed by atoms with E-state index >= 15 is 0 Å². The highest BCUT2D eigenvalue weighted by Crippen LogP contribution is 2.18. The molecular formula is C12H16O5. The second-order valence-corrected chi connectivity index (χ2v) is 3.49. The number of methoxy groups -OCH3 is 1. The molecule has 0 amide bonds. The molecule has 94 valence electrons. The topological polar surface area (TPSA) is 76.0 Å². The number of benzene rings is 1. The van der Waals surface area contributed by atoms with E-state index in [1.807, 2.05) is 0 Å². The molecule has 0 aliphatic rings. The Morgan fingerprint density at radius 1 is 1.35 bits per heavy atom. The van der Waals surface area contributed by atoms with Gasteiger partial charge in [0, 0.05) is 7.11 Å². The van der Waals surface area contributed by atoms with Crippen molar-refractivity contribution in [2.45, 2.75) is 12.7 Å². The van der Waals surface area contributed by atoms with Crippen LogP contribution in [0.5, 0.6) is 0 Å². The number of rotatable bonds is 7. The molecule has 5 nitrogen and oxygen atoms in total. The van der Waals surface area contributed by atoms with Crippen molar-refractivity contribution in [2.24, 2.45) is 0 Å². The molecule has 0 spiro atoms. The Hall–Kier alpha value is -1.43. The molecule has 0 saturated heterocycles. The molecular weight excluding hydrogens is 224 g/mol. The van der Waals surface area contributed by atoms with Gasteiger partial charge in [0.1, 0.15) is 0 Å². The summed E-state index contributed by atoms with van der Waals surface area (Å²) in [6, 6.07) is 6.95. The molecule has 0 saturated carbocycles. The molecule has 0 bridgehead atoms. The zero-order chi connectivity index (χ0) is 12.7. The Bertz CT molecular complexity index is 346. The Morgan fingerprint density at radius 3 is 2.47 bits per heavy atom. The quantitative estimate of drug-likeness (QED) is 0.742. The van der Waals surface area contributed by atoms with Crippen LogP contribution in [-0.2, 0) is 20.9 Å². The van der Waals surface area contributed by atoms with E-state index in [9.17, 15) is 4.79 Å². The highest BCUT2D eigenvalue weighted by atomic mass is 16.5. The summed E-state index contributed by atoms with van der Waals surface area (Å²) in [5, 5.41) is 17.6. The fraction of sp³-hybridized carbons (Fsp3) is 0.417. The maximum atomic E-state index is 11.0. The van der Waals surface area contributed by atoms with Gasteiger partial charge in [-0.3, -0.25) is 0 Å². The van der Waals surface area contributed by atoms with Gasteiger partial charge < -0.3 is 19.7 Å². The summed E-state index contributed by atoms with van der Waals surface area (Å²) in [6.07, 6.45) is -1.04. The SMILES string of the molecule is COCc1ccc(C(OCCO)C(=O)O)cc1. The predicted octanol–water partition coefficient (Wildman–Crippen LogP) is 0.968. The number of aliphatic hydroxyl groups excluding tert-OH is 1. The first-order chi connectivity index (χ1) is 8.19. The molecule has 5 heteroatoms. The van der Waals surface area contributed by atoms with Crippen LogP contribution in [0.1, 0.15) is 17.2 Å². The lowest BCUT2D eigenvalue weighted by Crippen LogP contribution is -2.17. The van der Waals surface area contributed by atoms with E-state index in [1.54, 1.807) is 31.4 Å². The Labute approximate surface area is 99.6 Å². The molecule has 1 aromatic carbocycles. The van der Waals surface area contributed by atoms with E-state index in [2.05, 4.69) is 0 Å². The van der Waals surface area contributed by atoms with Gasteiger partial charge in [0.15, 0.2) is 6.10 Å². The fourth-order valence-corrected chi connectivity index (χ4v) is 1.44. The van der Waals surface area contributed by atoms with Gasteiger partial charge in [0.2, 0.25) is 0 Å². The van der Waals surface area contributed by atoms with Crippen molar-refractivity contribution in [3.05, 3.63) is 35.4 Å². The van der Waals surface area contributed by atoms with Gasteiger partial charge >= 0.3 is 5.97 Å². The number of aliphatic carboxylic acids is 1. The lowest BCUT2D eigenvalue weighted by molar-refractivity contribution is -0.151. The number of carboxylic acid groups (broad SMARTS) is 1. The number of ether oxygens (including phenoxy) is 2. The second-order valence-electron chi connectivity index (χ2n) is 3.49. The summed E-state index contributed by atoms with van der Waals surface area (Å²) < 4.78 is 10.0. The first kappa shape index (κ1) is 13.6. The summed E-state index contributed by atoms with van der Waals surface area (Å²) in [6.45, 7) is 0.276. The smallest absolute Gasteiger partial charge is 0.337 e. The maximum absolute atomic E-state index is 11.0. The van der Waals surface area contributed by atoms with Gasteiger partial charge in [-0.05, 0) is 11.1 Å². The maximum Gasteiger partial charge on any atom is 0.337 e. The Balaban J connectivity index is 2.76. The minimum atomic E-state index is -1.07. The largest absolute Gasteiger partial charge is 0.479 e. The zero-order valence-electron chi connectivity index (χ0n) is 9.63. The number of hydrogen-bond acceptors (Lipinski definition) is 4. The number of hydrogen-bond donors (Lipinski definition) is 2. The van der Waals surface area contributed by atoms with E-state index in [4.69, 9.17) is 19.7 Å². The molecule has 0 aromatic heterocycles. The van der Waals surface area contributed by atoms with E-state index in [0.29, 0.717) is 12.2 Å². The van der Waals surface area contributed by atoms with Crippen LogP contribution in [0.15, 0.2) is 24.3 Å². The van der Waals surface area contributed by atoms with Crippen LogP contribution in [0.3, 0.4) is 0 Å². The van der Waals surface area contributed by atoms with Crippen molar-refractivity contribution in [1.82, 2.24) is 0 Å². The van der Waals surface area contributed by atoms with Gasteiger partial charge in [-0.25, -0.2) is 4.79 Å². The average molecular weight is 240 g/mol. The molecule has 1 aromatic rings. The minimum Gasteiger partial charge on any atom is -0.479 e. The summed E-state index contributed by atoms with van der Waals surface area (Å²) >= 11 is 0. The van der Waals surface area contributed by atoms with Gasteiger partial charge in [-0.15, -0.1) is 0 Å². The van der Waals surface area contributed by atoms with Crippen molar-refractivity contribution >= 4 is 5.97 Å². The highest BCUT2D eigenvalue weighted by molar-refractivity contribution is 5.74. The standard InChI is InChI=1S/C12H16O5/c1-16-8-9-2-4-10(5-3-9)11(12(14)15)17-7-6-13/h2-5,11,13H,6-8H2,1H3,(H,14,15). The van der Waals surface area contributed by atoms with E-state index in [-0.39, 0.29) is 13.2 Å². The summed E-state index contributed by atoms with van der Waals surface area (Å²) in [7, 11) is 1.60. The molecule has 0 aliphatic heterocycles. The molecule has 1 unspecified atom stereocenters. The number of carboxylic acids is 1. The summed E-state index contributed by atoms with van der Waals surface area (Å²) in [5.74, 6) is -1.07. The van der Waals surface area contributed by atoms with Crippen LogP contribution < -0.4 is 0 Å². The van der Waals surface area contributed by atoms with Crippen LogP contribution in [0.25, 0.3) is 0 Å². The minimum absolute atomic E-state index is 0.00319. The molecule has 0 fully saturated rings. The molecule has 2 N–H and O–H groups in total. The molecule has 0 heterocycles. The third-order valence-corrected chi connectivity index (χ3v) is 2.19. The van der Waals surface area contributed by atoms with Crippen LogP contribution in [0.4, 0.5) is 0 Å². The van der Waals surface area contributed by atoms with Crippen molar-refractivity contribution < 1.29 is 24.5 Å². The average Bonchev–Trinajstić information content (AvgIpc) is 2.31. The van der Waals surface area contributed by atoms with Crippen molar-refractivity contribution in [3.8, 4) is 0 Å².